The van der Waals surface area contributed by atoms with Crippen molar-refractivity contribution in [1.29, 1.82) is 0 Å². The topological polar surface area (TPSA) is 58.4 Å². The van der Waals surface area contributed by atoms with E-state index in [1.807, 2.05) is 0 Å². The van der Waals surface area contributed by atoms with Gasteiger partial charge >= 0.3 is 6.03 Å². The van der Waals surface area contributed by atoms with Crippen molar-refractivity contribution in [3.8, 4) is 0 Å². The highest BCUT2D eigenvalue weighted by atomic mass is 19.1. The fourth-order valence-corrected chi connectivity index (χ4v) is 2.27. The summed E-state index contributed by atoms with van der Waals surface area (Å²) in [6, 6.07) is 2.72. The van der Waals surface area contributed by atoms with Crippen molar-refractivity contribution in [1.82, 2.24) is 4.90 Å². The van der Waals surface area contributed by atoms with Crippen molar-refractivity contribution in [2.75, 3.05) is 25.0 Å². The molecular formula is C13H17F2N3O. The Labute approximate surface area is 110 Å². The average molecular weight is 269 g/mol. The Morgan fingerprint density at radius 1 is 1.47 bits per heavy atom. The quantitative estimate of drug-likeness (QED) is 0.883. The molecule has 2 amide bonds. The largest absolute Gasteiger partial charge is 0.330 e. The maximum Gasteiger partial charge on any atom is 0.321 e. The van der Waals surface area contributed by atoms with E-state index in [0.29, 0.717) is 25.6 Å². The lowest BCUT2D eigenvalue weighted by Gasteiger charge is -2.17. The van der Waals surface area contributed by atoms with Gasteiger partial charge in [-0.2, -0.15) is 0 Å². The molecule has 1 aromatic rings. The Bertz CT molecular complexity index is 467. The van der Waals surface area contributed by atoms with Crippen LogP contribution in [0.1, 0.15) is 12.8 Å². The number of nitrogens with two attached hydrogens (primary N) is 1. The van der Waals surface area contributed by atoms with E-state index >= 15 is 0 Å². The molecule has 0 spiro atoms. The number of urea groups is 1. The molecule has 1 heterocycles. The second kappa shape index (κ2) is 5.97. The van der Waals surface area contributed by atoms with Gasteiger partial charge in [0, 0.05) is 19.2 Å². The summed E-state index contributed by atoms with van der Waals surface area (Å²) in [5, 5.41) is 2.46. The lowest BCUT2D eigenvalue weighted by Crippen LogP contribution is -2.33. The molecule has 4 nitrogen and oxygen atoms in total. The van der Waals surface area contributed by atoms with Gasteiger partial charge in [-0.1, -0.05) is 0 Å². The van der Waals surface area contributed by atoms with Crippen LogP contribution in [0.15, 0.2) is 18.2 Å². The van der Waals surface area contributed by atoms with Crippen LogP contribution in [0.4, 0.5) is 19.3 Å². The van der Waals surface area contributed by atoms with Crippen LogP contribution in [0.3, 0.4) is 0 Å². The maximum absolute atomic E-state index is 13.4. The number of halogens is 2. The molecule has 1 saturated heterocycles. The zero-order chi connectivity index (χ0) is 13.8. The van der Waals surface area contributed by atoms with Crippen LogP contribution >= 0.6 is 0 Å². The molecule has 104 valence electrons. The number of hydrogen-bond donors (Lipinski definition) is 2. The molecule has 1 fully saturated rings. The Balaban J connectivity index is 1.94. The van der Waals surface area contributed by atoms with Crippen LogP contribution < -0.4 is 11.1 Å². The van der Waals surface area contributed by atoms with E-state index in [9.17, 15) is 13.6 Å². The minimum Gasteiger partial charge on any atom is -0.330 e. The zero-order valence-corrected chi connectivity index (χ0v) is 10.5. The van der Waals surface area contributed by atoms with Crippen molar-refractivity contribution in [2.24, 2.45) is 11.7 Å². The first-order chi connectivity index (χ1) is 9.10. The standard InChI is InChI=1S/C13H17F2N3O/c14-10-1-2-12(11(15)7-10)17-13(19)18-6-4-9(8-18)3-5-16/h1-2,7,9H,3-6,8,16H2,(H,17,19). The van der Waals surface area contributed by atoms with Gasteiger partial charge in [-0.25, -0.2) is 13.6 Å². The van der Waals surface area contributed by atoms with E-state index in [0.717, 1.165) is 25.0 Å². The Morgan fingerprint density at radius 3 is 2.95 bits per heavy atom. The molecule has 0 aromatic heterocycles. The molecule has 0 radical (unpaired) electrons. The summed E-state index contributed by atoms with van der Waals surface area (Å²) in [4.78, 5) is 13.6. The average Bonchev–Trinajstić information content (AvgIpc) is 2.82. The molecule has 0 bridgehead atoms. The molecule has 1 aliphatic heterocycles. The van der Waals surface area contributed by atoms with E-state index in [1.54, 1.807) is 4.90 Å². The molecule has 6 heteroatoms. The number of carbonyl (C=O) groups excluding carboxylic acids is 1. The van der Waals surface area contributed by atoms with E-state index in [2.05, 4.69) is 5.32 Å². The van der Waals surface area contributed by atoms with Crippen LogP contribution in [0, 0.1) is 17.6 Å². The first kappa shape index (κ1) is 13.7. The summed E-state index contributed by atoms with van der Waals surface area (Å²) < 4.78 is 26.2. The number of amides is 2. The van der Waals surface area contributed by atoms with Gasteiger partial charge in [0.1, 0.15) is 11.6 Å². The van der Waals surface area contributed by atoms with Crippen LogP contribution in [-0.4, -0.2) is 30.6 Å². The predicted molar refractivity (Wildman–Crippen MR) is 68.7 cm³/mol. The monoisotopic (exact) mass is 269 g/mol. The first-order valence-electron chi connectivity index (χ1n) is 6.31. The van der Waals surface area contributed by atoms with Crippen molar-refractivity contribution >= 4 is 11.7 Å². The Kier molecular flexibility index (Phi) is 4.31. The second-order valence-corrected chi connectivity index (χ2v) is 4.73. The highest BCUT2D eigenvalue weighted by Gasteiger charge is 2.26. The predicted octanol–water partition coefficient (Wildman–Crippen LogP) is 2.17. The zero-order valence-electron chi connectivity index (χ0n) is 10.5. The normalized spacial score (nSPS) is 18.7. The third-order valence-corrected chi connectivity index (χ3v) is 3.32. The van der Waals surface area contributed by atoms with Gasteiger partial charge in [-0.3, -0.25) is 0 Å². The highest BCUT2D eigenvalue weighted by Crippen LogP contribution is 2.21. The number of benzene rings is 1. The summed E-state index contributed by atoms with van der Waals surface area (Å²) in [5.41, 5.74) is 5.48. The Morgan fingerprint density at radius 2 is 2.26 bits per heavy atom. The maximum atomic E-state index is 13.4. The minimum atomic E-state index is -0.772. The van der Waals surface area contributed by atoms with Crippen LogP contribution in [0.25, 0.3) is 0 Å². The van der Waals surface area contributed by atoms with Gasteiger partial charge in [-0.15, -0.1) is 0 Å². The first-order valence-corrected chi connectivity index (χ1v) is 6.31. The summed E-state index contributed by atoms with van der Waals surface area (Å²) >= 11 is 0. The van der Waals surface area contributed by atoms with Crippen molar-refractivity contribution in [3.63, 3.8) is 0 Å². The highest BCUT2D eigenvalue weighted by molar-refractivity contribution is 5.89. The molecule has 19 heavy (non-hydrogen) atoms. The van der Waals surface area contributed by atoms with Gasteiger partial charge in [0.05, 0.1) is 5.69 Å². The van der Waals surface area contributed by atoms with E-state index in [4.69, 9.17) is 5.73 Å². The number of nitrogens with one attached hydrogen (secondary N) is 1. The number of nitrogens with zero attached hydrogens (tertiary/aromatic N) is 1. The van der Waals surface area contributed by atoms with E-state index < -0.39 is 11.6 Å². The van der Waals surface area contributed by atoms with Crippen molar-refractivity contribution in [3.05, 3.63) is 29.8 Å². The lowest BCUT2D eigenvalue weighted by molar-refractivity contribution is 0.220. The molecule has 2 rings (SSSR count). The van der Waals surface area contributed by atoms with Crippen molar-refractivity contribution < 1.29 is 13.6 Å². The fourth-order valence-electron chi connectivity index (χ4n) is 2.27. The summed E-state index contributed by atoms with van der Waals surface area (Å²) in [7, 11) is 0. The summed E-state index contributed by atoms with van der Waals surface area (Å²) in [5.74, 6) is -1.03. The number of anilines is 1. The van der Waals surface area contributed by atoms with E-state index in [1.165, 1.54) is 6.07 Å². The van der Waals surface area contributed by atoms with Gasteiger partial charge < -0.3 is 16.0 Å². The van der Waals surface area contributed by atoms with E-state index in [-0.39, 0.29) is 11.7 Å². The number of rotatable bonds is 3. The molecule has 1 atom stereocenters. The molecule has 3 N–H and O–H groups in total. The summed E-state index contributed by atoms with van der Waals surface area (Å²) in [6.45, 7) is 1.87. The van der Waals surface area contributed by atoms with Gasteiger partial charge in [-0.05, 0) is 37.4 Å². The van der Waals surface area contributed by atoms with Gasteiger partial charge in [0.2, 0.25) is 0 Å². The third-order valence-electron chi connectivity index (χ3n) is 3.32. The summed E-state index contributed by atoms with van der Waals surface area (Å²) in [6.07, 6.45) is 1.80. The molecule has 1 aromatic carbocycles. The molecular weight excluding hydrogens is 252 g/mol. The SMILES string of the molecule is NCCC1CCN(C(=O)Nc2ccc(F)cc2F)C1. The van der Waals surface area contributed by atoms with Gasteiger partial charge in [0.25, 0.3) is 0 Å². The van der Waals surface area contributed by atoms with Crippen LogP contribution in [0.5, 0.6) is 0 Å². The smallest absolute Gasteiger partial charge is 0.321 e. The number of likely N-dealkylation sites (tertiary alicyclic amines) is 1. The third kappa shape index (κ3) is 3.41. The number of hydrogen-bond acceptors (Lipinski definition) is 2. The van der Waals surface area contributed by atoms with Crippen molar-refractivity contribution in [2.45, 2.75) is 12.8 Å². The molecule has 1 unspecified atom stereocenters. The second-order valence-electron chi connectivity index (χ2n) is 4.73. The Hall–Kier alpha value is -1.69. The minimum absolute atomic E-state index is 0.00586. The van der Waals surface area contributed by atoms with Crippen LogP contribution in [0.2, 0.25) is 0 Å². The number of carbonyl (C=O) groups is 1. The van der Waals surface area contributed by atoms with Crippen LogP contribution in [-0.2, 0) is 0 Å². The molecule has 0 saturated carbocycles. The fraction of sp³-hybridized carbons (Fsp3) is 0.462. The lowest BCUT2D eigenvalue weighted by atomic mass is 10.1. The van der Waals surface area contributed by atoms with Gasteiger partial charge in [0.15, 0.2) is 0 Å². The molecule has 0 aliphatic carbocycles. The molecule has 1 aliphatic rings.